The van der Waals surface area contributed by atoms with Crippen molar-refractivity contribution < 1.29 is 35.7 Å². The smallest absolute Gasteiger partial charge is 0.126 e. The molecule has 0 radical (unpaired) electrons. The maximum absolute atomic E-state index is 10.7. The van der Waals surface area contributed by atoms with E-state index < -0.39 is 41.4 Å². The number of anilines is 2. The zero-order valence-corrected chi connectivity index (χ0v) is 19.0. The van der Waals surface area contributed by atoms with Gasteiger partial charge < -0.3 is 30.4 Å². The monoisotopic (exact) mass is 442 g/mol. The van der Waals surface area contributed by atoms with Crippen molar-refractivity contribution in [2.75, 3.05) is 51.7 Å². The van der Waals surface area contributed by atoms with Crippen LogP contribution in [0.5, 0.6) is 0 Å². The third-order valence-electron chi connectivity index (χ3n) is 4.10. The normalized spacial score (nSPS) is 11.5. The summed E-state index contributed by atoms with van der Waals surface area (Å²) in [5.41, 5.74) is 9.30. The molecule has 0 aliphatic rings. The second-order valence-electron chi connectivity index (χ2n) is 6.16. The van der Waals surface area contributed by atoms with Gasteiger partial charge in [-0.2, -0.15) is 0 Å². The minimum atomic E-state index is -4.97. The molecule has 28 heavy (non-hydrogen) atoms. The Kier molecular flexibility index (Phi) is 13.3. The molecule has 0 aromatic heterocycles. The third kappa shape index (κ3) is 11.4. The standard InChI is InChI=1S/C6H8N2O6S2.2C5H13N/c7-3-1-4(8)6(16(12,13)14)2-5(3)15(9,10)11;2*1-4-6(3)5-2/h1-2H,7-8H2,(H,9,10,11)(H,12,13,14);2*4-5H2,1-3H3. The molecule has 0 saturated heterocycles. The van der Waals surface area contributed by atoms with Gasteiger partial charge >= 0.3 is 0 Å². The summed E-state index contributed by atoms with van der Waals surface area (Å²) in [4.78, 5) is 1.21. The summed E-state index contributed by atoms with van der Waals surface area (Å²) >= 11 is 0. The molecule has 12 heteroatoms. The fourth-order valence-corrected chi connectivity index (χ4v) is 2.82. The number of nitrogens with two attached hydrogens (primary N) is 2. The lowest BCUT2D eigenvalue weighted by molar-refractivity contribution is -0.875. The Bertz CT molecular complexity index is 726. The summed E-state index contributed by atoms with van der Waals surface area (Å²) in [6.45, 7) is 13.8. The van der Waals surface area contributed by atoms with Crippen LogP contribution in [-0.2, 0) is 20.2 Å². The van der Waals surface area contributed by atoms with Crippen molar-refractivity contribution in [3.05, 3.63) is 12.1 Å². The first-order chi connectivity index (χ1) is 12.6. The highest BCUT2D eigenvalue weighted by Crippen LogP contribution is 2.27. The lowest BCUT2D eigenvalue weighted by Crippen LogP contribution is -3.08. The van der Waals surface area contributed by atoms with Crippen LogP contribution in [0.25, 0.3) is 0 Å². The van der Waals surface area contributed by atoms with Crippen molar-refractivity contribution in [2.24, 2.45) is 0 Å². The average molecular weight is 443 g/mol. The van der Waals surface area contributed by atoms with Gasteiger partial charge in [-0.05, 0) is 39.8 Å². The van der Waals surface area contributed by atoms with Crippen molar-refractivity contribution >= 4 is 31.6 Å². The first-order valence-corrected chi connectivity index (χ1v) is 11.7. The Labute approximate surface area is 169 Å². The summed E-state index contributed by atoms with van der Waals surface area (Å²) < 4.78 is 64.0. The quantitative estimate of drug-likeness (QED) is 0.282. The van der Waals surface area contributed by atoms with E-state index in [2.05, 4.69) is 41.8 Å². The minimum Gasteiger partial charge on any atom is -0.744 e. The van der Waals surface area contributed by atoms with E-state index in [1.54, 1.807) is 9.80 Å². The summed E-state index contributed by atoms with van der Waals surface area (Å²) in [5, 5.41) is 0. The Morgan fingerprint density at radius 3 is 1.11 bits per heavy atom. The van der Waals surface area contributed by atoms with Crippen LogP contribution in [0.15, 0.2) is 21.9 Å². The molecule has 0 amide bonds. The van der Waals surface area contributed by atoms with E-state index in [1.165, 1.54) is 26.2 Å². The molecule has 0 aliphatic carbocycles. The Morgan fingerprint density at radius 1 is 0.714 bits per heavy atom. The molecule has 1 aromatic rings. The van der Waals surface area contributed by atoms with E-state index in [-0.39, 0.29) is 0 Å². The number of hydrogen-bond donors (Lipinski definition) is 4. The van der Waals surface area contributed by atoms with Gasteiger partial charge in [0.15, 0.2) is 0 Å². The summed E-state index contributed by atoms with van der Waals surface area (Å²) in [7, 11) is -5.54. The van der Waals surface area contributed by atoms with E-state index in [1.807, 2.05) is 0 Å². The summed E-state index contributed by atoms with van der Waals surface area (Å²) in [5.74, 6) is 0. The number of quaternary nitrogens is 2. The van der Waals surface area contributed by atoms with Crippen molar-refractivity contribution in [3.8, 4) is 0 Å². The molecule has 0 bridgehead atoms. The summed E-state index contributed by atoms with van der Waals surface area (Å²) in [6.07, 6.45) is 0. The molecule has 0 atom stereocenters. The Morgan fingerprint density at radius 2 is 0.964 bits per heavy atom. The van der Waals surface area contributed by atoms with Crippen LogP contribution >= 0.6 is 0 Å². The van der Waals surface area contributed by atoms with Gasteiger partial charge in [-0.25, -0.2) is 16.8 Å². The number of nitrogens with one attached hydrogen (secondary N) is 2. The molecule has 166 valence electrons. The van der Waals surface area contributed by atoms with Gasteiger partial charge in [0.05, 0.1) is 61.4 Å². The predicted octanol–water partition coefficient (Wildman–Crippen LogP) is -2.26. The maximum atomic E-state index is 10.7. The molecule has 0 saturated carbocycles. The van der Waals surface area contributed by atoms with Gasteiger partial charge in [0, 0.05) is 0 Å². The lowest BCUT2D eigenvalue weighted by atomic mass is 10.3. The second-order valence-corrected chi connectivity index (χ2v) is 8.86. The van der Waals surface area contributed by atoms with Crippen molar-refractivity contribution in [3.63, 3.8) is 0 Å². The molecule has 10 nitrogen and oxygen atoms in total. The number of benzene rings is 1. The zero-order valence-electron chi connectivity index (χ0n) is 17.4. The SMILES string of the molecule is CC[NH+](C)CC.CC[NH+](C)CC.Nc1cc(N)c(S(=O)(=O)[O-])cc1S(=O)(=O)[O-]. The van der Waals surface area contributed by atoms with Gasteiger partial charge in [-0.1, -0.05) is 0 Å². The molecule has 0 unspecified atom stereocenters. The van der Waals surface area contributed by atoms with Crippen LogP contribution in [0.2, 0.25) is 0 Å². The van der Waals surface area contributed by atoms with Gasteiger partial charge in [-0.15, -0.1) is 0 Å². The highest BCUT2D eigenvalue weighted by molar-refractivity contribution is 7.86. The van der Waals surface area contributed by atoms with E-state index in [9.17, 15) is 25.9 Å². The highest BCUT2D eigenvalue weighted by atomic mass is 32.2. The fourth-order valence-electron chi connectivity index (χ4n) is 1.53. The second kappa shape index (κ2) is 12.9. The van der Waals surface area contributed by atoms with Crippen molar-refractivity contribution in [1.82, 2.24) is 0 Å². The topological polar surface area (TPSA) is 175 Å². The van der Waals surface area contributed by atoms with Crippen LogP contribution in [0.4, 0.5) is 11.4 Å². The molecule has 0 fully saturated rings. The molecule has 6 N–H and O–H groups in total. The largest absolute Gasteiger partial charge is 0.744 e. The Hall–Kier alpha value is -1.44. The predicted molar refractivity (Wildman–Crippen MR) is 107 cm³/mol. The molecule has 0 heterocycles. The van der Waals surface area contributed by atoms with Gasteiger partial charge in [0.2, 0.25) is 0 Å². The first kappa shape index (κ1) is 28.8. The number of rotatable bonds is 6. The van der Waals surface area contributed by atoms with E-state index in [4.69, 9.17) is 11.5 Å². The zero-order chi connectivity index (χ0) is 22.7. The van der Waals surface area contributed by atoms with Gasteiger partial charge in [0.25, 0.3) is 0 Å². The number of hydrogen-bond acceptors (Lipinski definition) is 8. The minimum absolute atomic E-state index is 0.356. The van der Waals surface area contributed by atoms with Crippen LogP contribution in [-0.4, -0.2) is 66.2 Å². The molecular weight excluding hydrogens is 408 g/mol. The molecule has 0 aliphatic heterocycles. The van der Waals surface area contributed by atoms with Crippen LogP contribution in [0, 0.1) is 0 Å². The fraction of sp³-hybridized carbons (Fsp3) is 0.625. The first-order valence-electron chi connectivity index (χ1n) is 8.88. The molecule has 1 rings (SSSR count). The van der Waals surface area contributed by atoms with Crippen molar-refractivity contribution in [1.29, 1.82) is 0 Å². The van der Waals surface area contributed by atoms with Crippen LogP contribution < -0.4 is 21.3 Å². The highest BCUT2D eigenvalue weighted by Gasteiger charge is 2.14. The van der Waals surface area contributed by atoms with Gasteiger partial charge in [0.1, 0.15) is 20.2 Å². The number of nitrogen functional groups attached to an aromatic ring is 2. The summed E-state index contributed by atoms with van der Waals surface area (Å²) in [6, 6.07) is 1.09. The Balaban J connectivity index is 0. The maximum Gasteiger partial charge on any atom is 0.126 e. The van der Waals surface area contributed by atoms with Crippen molar-refractivity contribution in [2.45, 2.75) is 37.5 Å². The van der Waals surface area contributed by atoms with Crippen LogP contribution in [0.3, 0.4) is 0 Å². The van der Waals surface area contributed by atoms with E-state index >= 15 is 0 Å². The molecule has 1 aromatic carbocycles. The van der Waals surface area contributed by atoms with E-state index in [0.29, 0.717) is 6.07 Å². The molecular formula is C16H34N4O6S2. The van der Waals surface area contributed by atoms with Gasteiger partial charge in [-0.3, -0.25) is 0 Å². The van der Waals surface area contributed by atoms with E-state index in [0.717, 1.165) is 6.07 Å². The lowest BCUT2D eigenvalue weighted by Gasteiger charge is -2.15. The van der Waals surface area contributed by atoms with Crippen LogP contribution in [0.1, 0.15) is 27.7 Å². The molecule has 0 spiro atoms. The average Bonchev–Trinajstić information content (AvgIpc) is 2.59. The third-order valence-corrected chi connectivity index (χ3v) is 5.88.